The van der Waals surface area contributed by atoms with Crippen molar-refractivity contribution in [2.24, 2.45) is 5.92 Å². The molecule has 0 fully saturated rings. The number of amides is 2. The molecule has 164 valence electrons. The summed E-state index contributed by atoms with van der Waals surface area (Å²) in [7, 11) is 1.52. The zero-order valence-corrected chi connectivity index (χ0v) is 18.8. The van der Waals surface area contributed by atoms with E-state index in [0.717, 1.165) is 12.1 Å². The number of nitrogens with one attached hydrogen (secondary N) is 2. The largest absolute Gasteiger partial charge is 0.493 e. The molecule has 2 amide bonds. The van der Waals surface area contributed by atoms with Crippen molar-refractivity contribution in [3.8, 4) is 11.5 Å². The third kappa shape index (κ3) is 5.75. The molecule has 0 aliphatic carbocycles. The monoisotopic (exact) mass is 416 g/mol. The maximum absolute atomic E-state index is 12.5. The van der Waals surface area contributed by atoms with Gasteiger partial charge >= 0.3 is 0 Å². The smallest absolute Gasteiger partial charge is 0.273 e. The lowest BCUT2D eigenvalue weighted by Crippen LogP contribution is -2.41. The zero-order valence-electron chi connectivity index (χ0n) is 18.8. The lowest BCUT2D eigenvalue weighted by molar-refractivity contribution is 0.0846. The summed E-state index contributed by atoms with van der Waals surface area (Å²) in [5.41, 5.74) is 6.08. The van der Waals surface area contributed by atoms with E-state index in [9.17, 15) is 9.59 Å². The lowest BCUT2D eigenvalue weighted by atomic mass is 10.1. The van der Waals surface area contributed by atoms with E-state index in [2.05, 4.69) is 29.8 Å². The first-order chi connectivity index (χ1) is 14.0. The molecule has 1 aromatic carbocycles. The number of carbonyl (C=O) groups excluding carboxylic acids is 2. The minimum atomic E-state index is -0.462. The first kappa shape index (κ1) is 23.3. The number of ether oxygens (including phenoxy) is 2. The molecule has 2 N–H and O–H groups in total. The van der Waals surface area contributed by atoms with Gasteiger partial charge in [-0.25, -0.2) is 0 Å². The van der Waals surface area contributed by atoms with Gasteiger partial charge in [0.25, 0.3) is 11.8 Å². The van der Waals surface area contributed by atoms with Crippen LogP contribution in [0.4, 0.5) is 0 Å². The molecule has 0 atom stereocenters. The molecule has 0 radical (unpaired) electrons. The summed E-state index contributed by atoms with van der Waals surface area (Å²) < 4.78 is 12.8. The van der Waals surface area contributed by atoms with Gasteiger partial charge in [0.05, 0.1) is 31.0 Å². The maximum atomic E-state index is 12.5. The number of hydrazine groups is 1. The Hall–Kier alpha value is -3.03. The van der Waals surface area contributed by atoms with E-state index in [4.69, 9.17) is 9.47 Å². The lowest BCUT2D eigenvalue weighted by Gasteiger charge is -2.21. The molecule has 0 spiro atoms. The normalized spacial score (nSPS) is 11.3. The van der Waals surface area contributed by atoms with Crippen molar-refractivity contribution in [1.29, 1.82) is 0 Å². The van der Waals surface area contributed by atoms with Crippen LogP contribution in [0.1, 0.15) is 67.4 Å². The first-order valence-electron chi connectivity index (χ1n) is 10.0. The Bertz CT molecular complexity index is 897. The molecule has 8 heteroatoms. The SMILES string of the molecule is COc1cc(C(=O)NNC(=O)c2cnn(C(C)(C)C)c2C)ccc1OCCC(C)C. The van der Waals surface area contributed by atoms with E-state index in [-0.39, 0.29) is 5.54 Å². The number of hydrogen-bond acceptors (Lipinski definition) is 5. The minimum absolute atomic E-state index is 0.249. The van der Waals surface area contributed by atoms with Crippen molar-refractivity contribution in [1.82, 2.24) is 20.6 Å². The van der Waals surface area contributed by atoms with Crippen molar-refractivity contribution in [2.75, 3.05) is 13.7 Å². The average molecular weight is 417 g/mol. The van der Waals surface area contributed by atoms with Crippen LogP contribution in [0.5, 0.6) is 11.5 Å². The third-order valence-electron chi connectivity index (χ3n) is 4.56. The summed E-state index contributed by atoms with van der Waals surface area (Å²) >= 11 is 0. The fraction of sp³-hybridized carbons (Fsp3) is 0.500. The Morgan fingerprint density at radius 2 is 1.80 bits per heavy atom. The number of rotatable bonds is 7. The summed E-state index contributed by atoms with van der Waals surface area (Å²) in [5, 5.41) is 4.27. The quantitative estimate of drug-likeness (QED) is 0.674. The van der Waals surface area contributed by atoms with E-state index in [1.807, 2.05) is 27.7 Å². The number of nitrogens with zero attached hydrogens (tertiary/aromatic N) is 2. The molecule has 0 saturated heterocycles. The van der Waals surface area contributed by atoms with Crippen LogP contribution in [-0.2, 0) is 5.54 Å². The summed E-state index contributed by atoms with van der Waals surface area (Å²) in [6.45, 7) is 12.6. The Morgan fingerprint density at radius 1 is 1.13 bits per heavy atom. The molecule has 8 nitrogen and oxygen atoms in total. The number of carbonyl (C=O) groups is 2. The van der Waals surface area contributed by atoms with E-state index in [0.29, 0.717) is 35.2 Å². The molecular weight excluding hydrogens is 384 g/mol. The van der Waals surface area contributed by atoms with Crippen LogP contribution in [0.25, 0.3) is 0 Å². The highest BCUT2D eigenvalue weighted by Gasteiger charge is 2.22. The predicted octanol–water partition coefficient (Wildman–Crippen LogP) is 3.45. The van der Waals surface area contributed by atoms with Crippen molar-refractivity contribution >= 4 is 11.8 Å². The third-order valence-corrected chi connectivity index (χ3v) is 4.56. The van der Waals surface area contributed by atoms with Gasteiger partial charge in [-0.3, -0.25) is 25.1 Å². The van der Waals surface area contributed by atoms with E-state index < -0.39 is 11.8 Å². The highest BCUT2D eigenvalue weighted by Crippen LogP contribution is 2.28. The summed E-state index contributed by atoms with van der Waals surface area (Å²) in [5.74, 6) is 0.668. The molecule has 2 rings (SSSR count). The molecule has 1 aromatic heterocycles. The van der Waals surface area contributed by atoms with Gasteiger partial charge in [0.15, 0.2) is 11.5 Å². The Kier molecular flexibility index (Phi) is 7.48. The minimum Gasteiger partial charge on any atom is -0.493 e. The highest BCUT2D eigenvalue weighted by molar-refractivity contribution is 5.99. The Morgan fingerprint density at radius 3 is 2.37 bits per heavy atom. The molecule has 2 aromatic rings. The van der Waals surface area contributed by atoms with Gasteiger partial charge in [-0.1, -0.05) is 13.8 Å². The van der Waals surface area contributed by atoms with Crippen LogP contribution in [-0.4, -0.2) is 35.3 Å². The number of hydrogen-bond donors (Lipinski definition) is 2. The Balaban J connectivity index is 2.02. The standard InChI is InChI=1S/C22H32N4O4/c1-14(2)10-11-30-18-9-8-16(12-19(18)29-7)20(27)24-25-21(28)17-13-23-26(15(17)3)22(4,5)6/h8-9,12-14H,10-11H2,1-7H3,(H,24,27)(H,25,28). The fourth-order valence-corrected chi connectivity index (χ4v) is 2.89. The van der Waals surface area contributed by atoms with E-state index in [1.54, 1.807) is 22.9 Å². The summed E-state index contributed by atoms with van der Waals surface area (Å²) in [4.78, 5) is 24.9. The van der Waals surface area contributed by atoms with Crippen LogP contribution in [0, 0.1) is 12.8 Å². The van der Waals surface area contributed by atoms with Gasteiger partial charge < -0.3 is 9.47 Å². The maximum Gasteiger partial charge on any atom is 0.273 e. The van der Waals surface area contributed by atoms with Gasteiger partial charge in [-0.2, -0.15) is 5.10 Å². The molecule has 30 heavy (non-hydrogen) atoms. The number of methoxy groups -OCH3 is 1. The summed E-state index contributed by atoms with van der Waals surface area (Å²) in [6, 6.07) is 4.89. The Labute approximate surface area is 177 Å². The molecule has 0 aliphatic rings. The second kappa shape index (κ2) is 9.65. The van der Waals surface area contributed by atoms with Gasteiger partial charge in [0.1, 0.15) is 0 Å². The molecular formula is C22H32N4O4. The second-order valence-corrected chi connectivity index (χ2v) is 8.53. The number of benzene rings is 1. The zero-order chi connectivity index (χ0) is 22.5. The topological polar surface area (TPSA) is 94.5 Å². The molecule has 0 unspecified atom stereocenters. The second-order valence-electron chi connectivity index (χ2n) is 8.53. The van der Waals surface area contributed by atoms with Gasteiger partial charge in [0, 0.05) is 11.3 Å². The average Bonchev–Trinajstić information content (AvgIpc) is 3.07. The van der Waals surface area contributed by atoms with Crippen LogP contribution in [0.2, 0.25) is 0 Å². The fourth-order valence-electron chi connectivity index (χ4n) is 2.89. The summed E-state index contributed by atoms with van der Waals surface area (Å²) in [6.07, 6.45) is 2.41. The molecule has 0 bridgehead atoms. The van der Waals surface area contributed by atoms with Gasteiger partial charge in [-0.15, -0.1) is 0 Å². The molecule has 0 saturated carbocycles. The predicted molar refractivity (Wildman–Crippen MR) is 115 cm³/mol. The molecule has 1 heterocycles. The van der Waals surface area contributed by atoms with Gasteiger partial charge in [0.2, 0.25) is 0 Å². The highest BCUT2D eigenvalue weighted by atomic mass is 16.5. The van der Waals surface area contributed by atoms with Crippen LogP contribution < -0.4 is 20.3 Å². The first-order valence-corrected chi connectivity index (χ1v) is 10.0. The van der Waals surface area contributed by atoms with Gasteiger partial charge in [-0.05, 0) is 58.2 Å². The van der Waals surface area contributed by atoms with Crippen molar-refractivity contribution in [3.63, 3.8) is 0 Å². The molecule has 0 aliphatic heterocycles. The van der Waals surface area contributed by atoms with Crippen LogP contribution in [0.3, 0.4) is 0 Å². The van der Waals surface area contributed by atoms with Crippen LogP contribution >= 0.6 is 0 Å². The van der Waals surface area contributed by atoms with Crippen molar-refractivity contribution < 1.29 is 19.1 Å². The van der Waals surface area contributed by atoms with Crippen LogP contribution in [0.15, 0.2) is 24.4 Å². The number of aromatic nitrogens is 2. The van der Waals surface area contributed by atoms with Crippen molar-refractivity contribution in [2.45, 2.75) is 53.5 Å². The van der Waals surface area contributed by atoms with E-state index >= 15 is 0 Å². The van der Waals surface area contributed by atoms with E-state index in [1.165, 1.54) is 13.3 Å². The van der Waals surface area contributed by atoms with Crippen molar-refractivity contribution in [3.05, 3.63) is 41.2 Å².